The summed E-state index contributed by atoms with van der Waals surface area (Å²) in [5.41, 5.74) is 0. The molecular weight excluding hydrogens is 156 g/mol. The predicted octanol–water partition coefficient (Wildman–Crippen LogP) is 1.18. The van der Waals surface area contributed by atoms with Gasteiger partial charge in [0.2, 0.25) is 0 Å². The van der Waals surface area contributed by atoms with Crippen LogP contribution in [0.4, 0.5) is 0 Å². The zero-order valence-electron chi connectivity index (χ0n) is 7.33. The van der Waals surface area contributed by atoms with Crippen LogP contribution in [0.25, 0.3) is 0 Å². The Hall–Kier alpha value is -0.670. The van der Waals surface area contributed by atoms with Crippen molar-refractivity contribution < 1.29 is 14.3 Å². The molecule has 0 radical (unpaired) electrons. The Morgan fingerprint density at radius 1 is 1.00 bits per heavy atom. The molecule has 0 aromatic heterocycles. The number of rotatable bonds is 9. The molecule has 3 heteroatoms. The monoisotopic (exact) mass is 172 g/mol. The van der Waals surface area contributed by atoms with Crippen molar-refractivity contribution in [3.05, 3.63) is 12.7 Å². The number of hydrogen-bond acceptors (Lipinski definition) is 3. The number of aldehydes is 1. The largest absolute Gasteiger partial charge is 0.379 e. The minimum Gasteiger partial charge on any atom is -0.379 e. The van der Waals surface area contributed by atoms with Crippen LogP contribution in [-0.4, -0.2) is 32.7 Å². The maximum absolute atomic E-state index is 9.86. The third kappa shape index (κ3) is 9.33. The summed E-state index contributed by atoms with van der Waals surface area (Å²) < 4.78 is 10.2. The second kappa shape index (κ2) is 10.3. The molecule has 0 atom stereocenters. The summed E-state index contributed by atoms with van der Waals surface area (Å²) >= 11 is 0. The highest BCUT2D eigenvalue weighted by molar-refractivity contribution is 5.49. The van der Waals surface area contributed by atoms with Gasteiger partial charge in [0.25, 0.3) is 0 Å². The van der Waals surface area contributed by atoms with E-state index in [-0.39, 0.29) is 0 Å². The second-order valence-corrected chi connectivity index (χ2v) is 2.26. The average molecular weight is 172 g/mol. The molecule has 3 nitrogen and oxygen atoms in total. The fraction of sp³-hybridized carbons (Fsp3) is 0.667. The molecule has 0 rings (SSSR count). The predicted molar refractivity (Wildman–Crippen MR) is 47.1 cm³/mol. The Kier molecular flexibility index (Phi) is 9.75. The molecule has 0 aliphatic rings. The summed E-state index contributed by atoms with van der Waals surface area (Å²) in [6, 6.07) is 0. The van der Waals surface area contributed by atoms with Crippen LogP contribution in [0, 0.1) is 0 Å². The van der Waals surface area contributed by atoms with Crippen molar-refractivity contribution in [2.75, 3.05) is 26.4 Å². The fourth-order valence-corrected chi connectivity index (χ4v) is 0.620. The van der Waals surface area contributed by atoms with Crippen molar-refractivity contribution in [1.82, 2.24) is 0 Å². The first-order valence-corrected chi connectivity index (χ1v) is 4.12. The van der Waals surface area contributed by atoms with Crippen LogP contribution in [0.1, 0.15) is 12.8 Å². The summed E-state index contributed by atoms with van der Waals surface area (Å²) in [6.07, 6.45) is 3.99. The van der Waals surface area contributed by atoms with Gasteiger partial charge >= 0.3 is 0 Å². The lowest BCUT2D eigenvalue weighted by Crippen LogP contribution is -2.05. The molecule has 0 aliphatic heterocycles. The van der Waals surface area contributed by atoms with E-state index in [0.717, 1.165) is 12.7 Å². The van der Waals surface area contributed by atoms with E-state index in [1.165, 1.54) is 0 Å². The summed E-state index contributed by atoms with van der Waals surface area (Å²) in [7, 11) is 0. The van der Waals surface area contributed by atoms with Gasteiger partial charge in [0.1, 0.15) is 6.29 Å². The van der Waals surface area contributed by atoms with Crippen molar-refractivity contribution in [3.8, 4) is 0 Å². The van der Waals surface area contributed by atoms with Crippen LogP contribution < -0.4 is 0 Å². The van der Waals surface area contributed by atoms with E-state index in [2.05, 4.69) is 6.58 Å². The number of hydrogen-bond donors (Lipinski definition) is 0. The Bertz CT molecular complexity index is 98.3. The quantitative estimate of drug-likeness (QED) is 0.297. The number of carbonyl (C=O) groups is 1. The zero-order chi connectivity index (χ0) is 9.07. The molecule has 0 saturated carbocycles. The molecule has 0 amide bonds. The molecule has 0 bridgehead atoms. The molecule has 0 heterocycles. The van der Waals surface area contributed by atoms with Gasteiger partial charge in [-0.05, 0) is 6.42 Å². The average Bonchev–Trinajstić information content (AvgIpc) is 2.10. The van der Waals surface area contributed by atoms with Gasteiger partial charge in [0.15, 0.2) is 0 Å². The zero-order valence-corrected chi connectivity index (χ0v) is 7.33. The van der Waals surface area contributed by atoms with Gasteiger partial charge in [-0.1, -0.05) is 6.08 Å². The van der Waals surface area contributed by atoms with Crippen molar-refractivity contribution >= 4 is 6.29 Å². The number of ether oxygens (including phenoxy) is 2. The summed E-state index contributed by atoms with van der Waals surface area (Å²) in [5, 5.41) is 0. The molecule has 0 aromatic rings. The molecule has 0 aromatic carbocycles. The molecule has 0 fully saturated rings. The minimum absolute atomic E-state index is 0.465. The van der Waals surface area contributed by atoms with Crippen LogP contribution >= 0.6 is 0 Å². The molecule has 0 spiro atoms. The standard InChI is InChI=1S/C9H16O3/c1-2-3-6-11-8-9-12-7-4-5-10/h2,5H,1,3-4,6-9H2. The van der Waals surface area contributed by atoms with E-state index in [1.807, 2.05) is 6.08 Å². The lowest BCUT2D eigenvalue weighted by atomic mass is 10.5. The third-order valence-corrected chi connectivity index (χ3v) is 1.22. The van der Waals surface area contributed by atoms with E-state index in [1.54, 1.807) is 0 Å². The van der Waals surface area contributed by atoms with E-state index >= 15 is 0 Å². The van der Waals surface area contributed by atoms with E-state index < -0.39 is 0 Å². The molecule has 0 unspecified atom stereocenters. The van der Waals surface area contributed by atoms with Crippen LogP contribution in [0.5, 0.6) is 0 Å². The Morgan fingerprint density at radius 3 is 2.08 bits per heavy atom. The van der Waals surface area contributed by atoms with Crippen molar-refractivity contribution in [3.63, 3.8) is 0 Å². The Balaban J connectivity index is 2.81. The Morgan fingerprint density at radius 2 is 1.58 bits per heavy atom. The van der Waals surface area contributed by atoms with Gasteiger partial charge in [0, 0.05) is 6.42 Å². The molecule has 0 aliphatic carbocycles. The summed E-state index contributed by atoms with van der Waals surface area (Å²) in [6.45, 7) is 5.91. The van der Waals surface area contributed by atoms with Crippen molar-refractivity contribution in [2.24, 2.45) is 0 Å². The van der Waals surface area contributed by atoms with Crippen LogP contribution in [0.3, 0.4) is 0 Å². The summed E-state index contributed by atoms with van der Waals surface area (Å²) in [5.74, 6) is 0. The van der Waals surface area contributed by atoms with E-state index in [0.29, 0.717) is 32.8 Å². The van der Waals surface area contributed by atoms with Crippen molar-refractivity contribution in [1.29, 1.82) is 0 Å². The highest BCUT2D eigenvalue weighted by Crippen LogP contribution is 1.84. The number of carbonyl (C=O) groups excluding carboxylic acids is 1. The van der Waals surface area contributed by atoms with Gasteiger partial charge in [-0.15, -0.1) is 6.58 Å². The van der Waals surface area contributed by atoms with Crippen LogP contribution in [0.2, 0.25) is 0 Å². The van der Waals surface area contributed by atoms with Gasteiger partial charge in [-0.3, -0.25) is 0 Å². The first-order chi connectivity index (χ1) is 5.91. The first-order valence-electron chi connectivity index (χ1n) is 4.12. The van der Waals surface area contributed by atoms with Gasteiger partial charge < -0.3 is 14.3 Å². The van der Waals surface area contributed by atoms with Gasteiger partial charge in [-0.25, -0.2) is 0 Å². The maximum atomic E-state index is 9.86. The lowest BCUT2D eigenvalue weighted by molar-refractivity contribution is -0.108. The summed E-state index contributed by atoms with van der Waals surface area (Å²) in [4.78, 5) is 9.86. The highest BCUT2D eigenvalue weighted by Gasteiger charge is 1.88. The second-order valence-electron chi connectivity index (χ2n) is 2.26. The Labute approximate surface area is 73.4 Å². The minimum atomic E-state index is 0.465. The smallest absolute Gasteiger partial charge is 0.122 e. The fourth-order valence-electron chi connectivity index (χ4n) is 0.620. The molecular formula is C9H16O3. The molecule has 0 saturated heterocycles. The SMILES string of the molecule is C=CCCOCCOCCC=O. The molecule has 0 N–H and O–H groups in total. The highest BCUT2D eigenvalue weighted by atomic mass is 16.5. The van der Waals surface area contributed by atoms with E-state index in [9.17, 15) is 4.79 Å². The topological polar surface area (TPSA) is 35.5 Å². The normalized spacial score (nSPS) is 9.67. The van der Waals surface area contributed by atoms with E-state index in [4.69, 9.17) is 9.47 Å². The maximum Gasteiger partial charge on any atom is 0.122 e. The van der Waals surface area contributed by atoms with Crippen LogP contribution in [-0.2, 0) is 14.3 Å². The third-order valence-electron chi connectivity index (χ3n) is 1.22. The van der Waals surface area contributed by atoms with Crippen LogP contribution in [0.15, 0.2) is 12.7 Å². The first kappa shape index (κ1) is 11.3. The van der Waals surface area contributed by atoms with Gasteiger partial charge in [-0.2, -0.15) is 0 Å². The lowest BCUT2D eigenvalue weighted by Gasteiger charge is -2.02. The molecule has 12 heavy (non-hydrogen) atoms. The molecule has 70 valence electrons. The van der Waals surface area contributed by atoms with Crippen molar-refractivity contribution in [2.45, 2.75) is 12.8 Å². The van der Waals surface area contributed by atoms with Gasteiger partial charge in [0.05, 0.1) is 26.4 Å².